The van der Waals surface area contributed by atoms with E-state index < -0.39 is 0 Å². The smallest absolute Gasteiger partial charge is 0.227 e. The molecule has 1 fully saturated rings. The summed E-state index contributed by atoms with van der Waals surface area (Å²) in [7, 11) is 0. The van der Waals surface area contributed by atoms with E-state index >= 15 is 0 Å². The summed E-state index contributed by atoms with van der Waals surface area (Å²) in [6, 6.07) is 16.0. The fourth-order valence-corrected chi connectivity index (χ4v) is 3.21. The molecule has 2 aromatic rings. The summed E-state index contributed by atoms with van der Waals surface area (Å²) in [5.41, 5.74) is 3.35. The zero-order valence-corrected chi connectivity index (χ0v) is 14.7. The van der Waals surface area contributed by atoms with Gasteiger partial charge in [-0.2, -0.15) is 0 Å². The molecule has 3 nitrogen and oxygen atoms in total. The van der Waals surface area contributed by atoms with E-state index in [0.717, 1.165) is 43.2 Å². The SMILES string of the molecule is Cc1ccc(NC(=O)C2CCN(Cc3ccc(Cl)cc3)CC2)cc1. The highest BCUT2D eigenvalue weighted by Gasteiger charge is 2.25. The van der Waals surface area contributed by atoms with E-state index in [4.69, 9.17) is 11.6 Å². The monoisotopic (exact) mass is 342 g/mol. The van der Waals surface area contributed by atoms with Crippen LogP contribution in [0.25, 0.3) is 0 Å². The number of aryl methyl sites for hydroxylation is 1. The summed E-state index contributed by atoms with van der Waals surface area (Å²) in [5, 5.41) is 3.81. The van der Waals surface area contributed by atoms with Crippen LogP contribution < -0.4 is 5.32 Å². The standard InChI is InChI=1S/C20H23ClN2O/c1-15-2-8-19(9-3-15)22-20(24)17-10-12-23(13-11-17)14-16-4-6-18(21)7-5-16/h2-9,17H,10-14H2,1H3,(H,22,24). The minimum atomic E-state index is 0.104. The second kappa shape index (κ2) is 7.82. The van der Waals surface area contributed by atoms with E-state index in [0.29, 0.717) is 0 Å². The van der Waals surface area contributed by atoms with Gasteiger partial charge in [0.2, 0.25) is 5.91 Å². The van der Waals surface area contributed by atoms with Crippen LogP contribution >= 0.6 is 11.6 Å². The third-order valence-electron chi connectivity index (χ3n) is 4.60. The number of hydrogen-bond acceptors (Lipinski definition) is 2. The van der Waals surface area contributed by atoms with Crippen LogP contribution in [-0.2, 0) is 11.3 Å². The number of likely N-dealkylation sites (tertiary alicyclic amines) is 1. The molecule has 1 aliphatic rings. The number of nitrogens with one attached hydrogen (secondary N) is 1. The summed E-state index contributed by atoms with van der Waals surface area (Å²) in [6.07, 6.45) is 1.82. The average molecular weight is 343 g/mol. The molecule has 1 amide bonds. The van der Waals surface area contributed by atoms with Crippen LogP contribution in [0.4, 0.5) is 5.69 Å². The van der Waals surface area contributed by atoms with Crippen molar-refractivity contribution in [2.24, 2.45) is 5.92 Å². The molecule has 1 N–H and O–H groups in total. The molecule has 0 atom stereocenters. The Morgan fingerprint density at radius 3 is 2.33 bits per heavy atom. The normalized spacial score (nSPS) is 16.1. The molecule has 4 heteroatoms. The number of benzene rings is 2. The van der Waals surface area contributed by atoms with Gasteiger partial charge in [-0.3, -0.25) is 9.69 Å². The van der Waals surface area contributed by atoms with Crippen molar-refractivity contribution >= 4 is 23.2 Å². The van der Waals surface area contributed by atoms with Gasteiger partial charge < -0.3 is 5.32 Å². The lowest BCUT2D eigenvalue weighted by molar-refractivity contribution is -0.121. The molecule has 24 heavy (non-hydrogen) atoms. The van der Waals surface area contributed by atoms with Crippen molar-refractivity contribution < 1.29 is 4.79 Å². The van der Waals surface area contributed by atoms with E-state index in [-0.39, 0.29) is 11.8 Å². The van der Waals surface area contributed by atoms with Gasteiger partial charge in [0, 0.05) is 23.2 Å². The molecule has 0 spiro atoms. The Balaban J connectivity index is 1.48. The number of amides is 1. The van der Waals surface area contributed by atoms with Crippen molar-refractivity contribution in [3.05, 3.63) is 64.7 Å². The number of hydrogen-bond donors (Lipinski definition) is 1. The summed E-state index contributed by atoms with van der Waals surface area (Å²) in [4.78, 5) is 14.8. The number of carbonyl (C=O) groups excluding carboxylic acids is 1. The first-order valence-electron chi connectivity index (χ1n) is 8.44. The van der Waals surface area contributed by atoms with Gasteiger partial charge in [-0.05, 0) is 62.7 Å². The van der Waals surface area contributed by atoms with Crippen molar-refractivity contribution in [2.75, 3.05) is 18.4 Å². The number of halogens is 1. The number of piperidine rings is 1. The Labute approximate surface area is 148 Å². The lowest BCUT2D eigenvalue weighted by Crippen LogP contribution is -2.37. The van der Waals surface area contributed by atoms with E-state index in [2.05, 4.69) is 22.3 Å². The number of nitrogens with zero attached hydrogens (tertiary/aromatic N) is 1. The maximum Gasteiger partial charge on any atom is 0.227 e. The molecule has 0 radical (unpaired) electrons. The second-order valence-corrected chi connectivity index (χ2v) is 6.97. The van der Waals surface area contributed by atoms with Crippen molar-refractivity contribution in [3.63, 3.8) is 0 Å². The molecular formula is C20H23ClN2O. The van der Waals surface area contributed by atoms with Crippen molar-refractivity contribution in [3.8, 4) is 0 Å². The predicted octanol–water partition coefficient (Wildman–Crippen LogP) is 4.50. The quantitative estimate of drug-likeness (QED) is 0.887. The van der Waals surface area contributed by atoms with Crippen molar-refractivity contribution in [1.82, 2.24) is 4.90 Å². The molecule has 0 aromatic heterocycles. The van der Waals surface area contributed by atoms with Crippen LogP contribution in [0.3, 0.4) is 0 Å². The lowest BCUT2D eigenvalue weighted by Gasteiger charge is -2.31. The Kier molecular flexibility index (Phi) is 5.54. The summed E-state index contributed by atoms with van der Waals surface area (Å²) >= 11 is 5.93. The molecule has 126 valence electrons. The van der Waals surface area contributed by atoms with Gasteiger partial charge in [0.05, 0.1) is 0 Å². The maximum atomic E-state index is 12.4. The molecule has 0 bridgehead atoms. The summed E-state index contributed by atoms with van der Waals surface area (Å²) in [6.45, 7) is 4.87. The molecule has 0 aliphatic carbocycles. The van der Waals surface area contributed by atoms with Gasteiger partial charge >= 0.3 is 0 Å². The largest absolute Gasteiger partial charge is 0.326 e. The van der Waals surface area contributed by atoms with E-state index in [1.807, 2.05) is 43.3 Å². The van der Waals surface area contributed by atoms with Gasteiger partial charge in [-0.25, -0.2) is 0 Å². The zero-order valence-electron chi connectivity index (χ0n) is 14.0. The minimum Gasteiger partial charge on any atom is -0.326 e. The van der Waals surface area contributed by atoms with E-state index in [9.17, 15) is 4.79 Å². The first-order valence-corrected chi connectivity index (χ1v) is 8.82. The Morgan fingerprint density at radius 1 is 1.08 bits per heavy atom. The third kappa shape index (κ3) is 4.59. The molecule has 0 saturated carbocycles. The highest BCUT2D eigenvalue weighted by Crippen LogP contribution is 2.21. The fraction of sp³-hybridized carbons (Fsp3) is 0.350. The first-order chi connectivity index (χ1) is 11.6. The van der Waals surface area contributed by atoms with Gasteiger partial charge in [0.25, 0.3) is 0 Å². The Bertz CT molecular complexity index is 674. The molecule has 1 heterocycles. The van der Waals surface area contributed by atoms with Gasteiger partial charge in [0.1, 0.15) is 0 Å². The zero-order chi connectivity index (χ0) is 16.9. The van der Waals surface area contributed by atoms with Crippen LogP contribution in [0, 0.1) is 12.8 Å². The second-order valence-electron chi connectivity index (χ2n) is 6.53. The fourth-order valence-electron chi connectivity index (χ4n) is 3.08. The van der Waals surface area contributed by atoms with Crippen molar-refractivity contribution in [2.45, 2.75) is 26.3 Å². The Hall–Kier alpha value is -1.84. The molecule has 1 aliphatic heterocycles. The summed E-state index contributed by atoms with van der Waals surface area (Å²) in [5.74, 6) is 0.248. The molecular weight excluding hydrogens is 320 g/mol. The van der Waals surface area contributed by atoms with E-state index in [1.54, 1.807) is 0 Å². The molecule has 0 unspecified atom stereocenters. The third-order valence-corrected chi connectivity index (χ3v) is 4.85. The highest BCUT2D eigenvalue weighted by molar-refractivity contribution is 6.30. The van der Waals surface area contributed by atoms with E-state index in [1.165, 1.54) is 11.1 Å². The van der Waals surface area contributed by atoms with Crippen LogP contribution in [0.2, 0.25) is 5.02 Å². The van der Waals surface area contributed by atoms with Gasteiger partial charge in [0.15, 0.2) is 0 Å². The summed E-state index contributed by atoms with van der Waals surface area (Å²) < 4.78 is 0. The molecule has 2 aromatic carbocycles. The van der Waals surface area contributed by atoms with Crippen LogP contribution in [0.15, 0.2) is 48.5 Å². The Morgan fingerprint density at radius 2 is 1.71 bits per heavy atom. The number of rotatable bonds is 4. The van der Waals surface area contributed by atoms with Gasteiger partial charge in [-0.15, -0.1) is 0 Å². The maximum absolute atomic E-state index is 12.4. The van der Waals surface area contributed by atoms with Crippen molar-refractivity contribution in [1.29, 1.82) is 0 Å². The number of carbonyl (C=O) groups is 1. The number of anilines is 1. The highest BCUT2D eigenvalue weighted by atomic mass is 35.5. The average Bonchev–Trinajstić information content (AvgIpc) is 2.59. The molecule has 1 saturated heterocycles. The van der Waals surface area contributed by atoms with Crippen LogP contribution in [0.1, 0.15) is 24.0 Å². The van der Waals surface area contributed by atoms with Gasteiger partial charge in [-0.1, -0.05) is 41.4 Å². The predicted molar refractivity (Wildman–Crippen MR) is 99.3 cm³/mol. The topological polar surface area (TPSA) is 32.3 Å². The lowest BCUT2D eigenvalue weighted by atomic mass is 9.95. The first kappa shape index (κ1) is 17.0. The minimum absolute atomic E-state index is 0.104. The molecule has 3 rings (SSSR count). The van der Waals surface area contributed by atoms with Crippen LogP contribution in [-0.4, -0.2) is 23.9 Å². The van der Waals surface area contributed by atoms with Crippen LogP contribution in [0.5, 0.6) is 0 Å².